The van der Waals surface area contributed by atoms with Crippen molar-refractivity contribution in [3.8, 4) is 0 Å². The summed E-state index contributed by atoms with van der Waals surface area (Å²) >= 11 is 3.62. The van der Waals surface area contributed by atoms with Crippen LogP contribution < -0.4 is 5.32 Å². The molecule has 1 saturated heterocycles. The molecule has 0 amide bonds. The molecule has 1 aliphatic heterocycles. The molecule has 0 aromatic heterocycles. The molecular formula is C18H28BrNO. The average molecular weight is 354 g/mol. The van der Waals surface area contributed by atoms with Crippen molar-refractivity contribution >= 4 is 15.9 Å². The number of ether oxygens (including phenoxy) is 1. The molecule has 2 rings (SSSR count). The van der Waals surface area contributed by atoms with Crippen LogP contribution in [0.3, 0.4) is 0 Å². The molecule has 0 radical (unpaired) electrons. The van der Waals surface area contributed by atoms with Crippen LogP contribution in [0.1, 0.15) is 62.6 Å². The Balaban J connectivity index is 1.92. The first kappa shape index (κ1) is 17.0. The number of hydrogen-bond acceptors (Lipinski definition) is 2. The highest BCUT2D eigenvalue weighted by Gasteiger charge is 2.17. The lowest BCUT2D eigenvalue weighted by atomic mass is 9.98. The van der Waals surface area contributed by atoms with E-state index in [4.69, 9.17) is 4.74 Å². The summed E-state index contributed by atoms with van der Waals surface area (Å²) in [6.45, 7) is 6.43. The zero-order chi connectivity index (χ0) is 15.1. The van der Waals surface area contributed by atoms with Crippen molar-refractivity contribution in [3.05, 3.63) is 33.8 Å². The van der Waals surface area contributed by atoms with Crippen LogP contribution in [0.15, 0.2) is 22.7 Å². The second-order valence-electron chi connectivity index (χ2n) is 6.13. The number of aryl methyl sites for hydroxylation is 1. The predicted octanol–water partition coefficient (Wildman–Crippen LogP) is 5.15. The summed E-state index contributed by atoms with van der Waals surface area (Å²) in [5.41, 5.74) is 2.73. The molecule has 1 heterocycles. The molecule has 1 aromatic carbocycles. The fourth-order valence-electron chi connectivity index (χ4n) is 3.09. The van der Waals surface area contributed by atoms with Gasteiger partial charge in [0.2, 0.25) is 0 Å². The minimum absolute atomic E-state index is 0.461. The molecule has 3 heteroatoms. The summed E-state index contributed by atoms with van der Waals surface area (Å²) in [6, 6.07) is 7.20. The van der Waals surface area contributed by atoms with Crippen LogP contribution in [-0.4, -0.2) is 19.3 Å². The smallest absolute Gasteiger partial charge is 0.0576 e. The Morgan fingerprint density at radius 1 is 1.38 bits per heavy atom. The van der Waals surface area contributed by atoms with Crippen LogP contribution in [0.4, 0.5) is 0 Å². The summed E-state index contributed by atoms with van der Waals surface area (Å²) in [4.78, 5) is 0. The Bertz CT molecular complexity index is 409. The monoisotopic (exact) mass is 353 g/mol. The van der Waals surface area contributed by atoms with Gasteiger partial charge in [-0.1, -0.05) is 28.9 Å². The molecule has 0 bridgehead atoms. The normalized spacial score (nSPS) is 19.9. The third-order valence-corrected chi connectivity index (χ3v) is 4.61. The first-order valence-electron chi connectivity index (χ1n) is 8.31. The van der Waals surface area contributed by atoms with Gasteiger partial charge >= 0.3 is 0 Å². The van der Waals surface area contributed by atoms with Gasteiger partial charge in [0, 0.05) is 17.1 Å². The van der Waals surface area contributed by atoms with E-state index in [9.17, 15) is 0 Å². The molecule has 1 aromatic rings. The van der Waals surface area contributed by atoms with Gasteiger partial charge in [-0.15, -0.1) is 0 Å². The van der Waals surface area contributed by atoms with Crippen molar-refractivity contribution in [1.82, 2.24) is 5.32 Å². The van der Waals surface area contributed by atoms with Crippen molar-refractivity contribution < 1.29 is 4.74 Å². The van der Waals surface area contributed by atoms with E-state index in [0.29, 0.717) is 12.1 Å². The van der Waals surface area contributed by atoms with Gasteiger partial charge in [-0.25, -0.2) is 0 Å². The van der Waals surface area contributed by atoms with E-state index >= 15 is 0 Å². The van der Waals surface area contributed by atoms with Crippen molar-refractivity contribution in [2.75, 3.05) is 13.2 Å². The zero-order valence-electron chi connectivity index (χ0n) is 13.3. The van der Waals surface area contributed by atoms with Crippen molar-refractivity contribution in [3.63, 3.8) is 0 Å². The minimum atomic E-state index is 0.461. The summed E-state index contributed by atoms with van der Waals surface area (Å²) in [6.07, 6.45) is 7.82. The Hall–Kier alpha value is -0.380. The van der Waals surface area contributed by atoms with E-state index in [1.165, 1.54) is 54.1 Å². The van der Waals surface area contributed by atoms with Crippen LogP contribution in [0, 0.1) is 6.92 Å². The van der Waals surface area contributed by atoms with Gasteiger partial charge in [-0.3, -0.25) is 0 Å². The summed E-state index contributed by atoms with van der Waals surface area (Å²) in [7, 11) is 0. The minimum Gasteiger partial charge on any atom is -0.378 e. The van der Waals surface area contributed by atoms with Gasteiger partial charge in [0.1, 0.15) is 0 Å². The van der Waals surface area contributed by atoms with Crippen molar-refractivity contribution in [1.29, 1.82) is 0 Å². The summed E-state index contributed by atoms with van der Waals surface area (Å²) in [5, 5.41) is 3.70. The first-order chi connectivity index (χ1) is 10.2. The second kappa shape index (κ2) is 8.92. The number of hydrogen-bond donors (Lipinski definition) is 1. The quantitative estimate of drug-likeness (QED) is 0.697. The average Bonchev–Trinajstić information content (AvgIpc) is 2.94. The highest BCUT2D eigenvalue weighted by atomic mass is 79.9. The van der Waals surface area contributed by atoms with Crippen LogP contribution in [0.5, 0.6) is 0 Å². The lowest BCUT2D eigenvalue weighted by molar-refractivity contribution is 0.101. The van der Waals surface area contributed by atoms with E-state index in [0.717, 1.165) is 13.2 Å². The lowest BCUT2D eigenvalue weighted by Crippen LogP contribution is -2.22. The van der Waals surface area contributed by atoms with Crippen molar-refractivity contribution in [2.24, 2.45) is 0 Å². The highest BCUT2D eigenvalue weighted by molar-refractivity contribution is 9.10. The van der Waals surface area contributed by atoms with E-state index in [2.05, 4.69) is 53.3 Å². The third kappa shape index (κ3) is 5.72. The van der Waals surface area contributed by atoms with Crippen LogP contribution >= 0.6 is 15.9 Å². The second-order valence-corrected chi connectivity index (χ2v) is 7.05. The number of rotatable bonds is 8. The zero-order valence-corrected chi connectivity index (χ0v) is 14.9. The third-order valence-electron chi connectivity index (χ3n) is 4.15. The maximum atomic E-state index is 5.73. The Morgan fingerprint density at radius 3 is 2.90 bits per heavy atom. The number of halogens is 1. The van der Waals surface area contributed by atoms with E-state index in [-0.39, 0.29) is 0 Å². The molecule has 2 nitrogen and oxygen atoms in total. The van der Waals surface area contributed by atoms with Crippen LogP contribution in [-0.2, 0) is 4.74 Å². The Morgan fingerprint density at radius 2 is 2.24 bits per heavy atom. The Labute approximate surface area is 137 Å². The molecule has 2 atom stereocenters. The lowest BCUT2D eigenvalue weighted by Gasteiger charge is -2.21. The predicted molar refractivity (Wildman–Crippen MR) is 92.7 cm³/mol. The van der Waals surface area contributed by atoms with Crippen LogP contribution in [0.2, 0.25) is 0 Å². The molecule has 21 heavy (non-hydrogen) atoms. The molecule has 0 aliphatic carbocycles. The SMILES string of the molecule is CCCNC(CCCC1CCCO1)c1cc(C)cc(Br)c1. The Kier molecular flexibility index (Phi) is 7.21. The van der Waals surface area contributed by atoms with E-state index in [1.807, 2.05) is 0 Å². The summed E-state index contributed by atoms with van der Waals surface area (Å²) < 4.78 is 6.91. The van der Waals surface area contributed by atoms with Crippen molar-refractivity contribution in [2.45, 2.75) is 64.5 Å². The molecule has 0 spiro atoms. The molecule has 118 valence electrons. The van der Waals surface area contributed by atoms with Gasteiger partial charge < -0.3 is 10.1 Å². The summed E-state index contributed by atoms with van der Waals surface area (Å²) in [5.74, 6) is 0. The molecule has 0 saturated carbocycles. The van der Waals surface area contributed by atoms with E-state index in [1.54, 1.807) is 0 Å². The standard InChI is InChI=1S/C18H28BrNO/c1-3-9-20-18(8-4-6-17-7-5-10-21-17)15-11-14(2)12-16(19)13-15/h11-13,17-18,20H,3-10H2,1-2H3. The molecule has 2 unspecified atom stereocenters. The number of benzene rings is 1. The first-order valence-corrected chi connectivity index (χ1v) is 9.10. The van der Waals surface area contributed by atoms with Crippen LogP contribution in [0.25, 0.3) is 0 Å². The molecule has 1 fully saturated rings. The fourth-order valence-corrected chi connectivity index (χ4v) is 3.72. The van der Waals surface area contributed by atoms with E-state index < -0.39 is 0 Å². The largest absolute Gasteiger partial charge is 0.378 e. The van der Waals surface area contributed by atoms with Gasteiger partial charge in [0.15, 0.2) is 0 Å². The topological polar surface area (TPSA) is 21.3 Å². The fraction of sp³-hybridized carbons (Fsp3) is 0.667. The maximum absolute atomic E-state index is 5.73. The van der Waals surface area contributed by atoms with Gasteiger partial charge in [0.05, 0.1) is 6.10 Å². The highest BCUT2D eigenvalue weighted by Crippen LogP contribution is 2.26. The molecule has 1 aliphatic rings. The maximum Gasteiger partial charge on any atom is 0.0576 e. The molecular weight excluding hydrogens is 326 g/mol. The number of nitrogens with one attached hydrogen (secondary N) is 1. The van der Waals surface area contributed by atoms with Gasteiger partial charge in [0.25, 0.3) is 0 Å². The van der Waals surface area contributed by atoms with Gasteiger partial charge in [-0.2, -0.15) is 0 Å². The molecule has 1 N–H and O–H groups in total. The van der Waals surface area contributed by atoms with Gasteiger partial charge in [-0.05, 0) is 75.3 Å².